The van der Waals surface area contributed by atoms with E-state index in [0.717, 1.165) is 23.2 Å². The number of halogens is 1. The van der Waals surface area contributed by atoms with Crippen molar-refractivity contribution in [1.29, 1.82) is 0 Å². The van der Waals surface area contributed by atoms with E-state index in [1.807, 2.05) is 17.0 Å². The third-order valence-corrected chi connectivity index (χ3v) is 3.55. The van der Waals surface area contributed by atoms with Crippen LogP contribution in [0.25, 0.3) is 0 Å². The van der Waals surface area contributed by atoms with Crippen molar-refractivity contribution >= 4 is 15.9 Å². The van der Waals surface area contributed by atoms with Gasteiger partial charge in [-0.15, -0.1) is 0 Å². The van der Waals surface area contributed by atoms with Gasteiger partial charge in [-0.1, -0.05) is 15.9 Å². The minimum absolute atomic E-state index is 0.102. The summed E-state index contributed by atoms with van der Waals surface area (Å²) in [6, 6.07) is 6.03. The van der Waals surface area contributed by atoms with Gasteiger partial charge in [-0.25, -0.2) is 0 Å². The SMILES string of the molecule is OCCN(CCO)CC1Cc2cc(Br)ccc2O1. The molecule has 0 radical (unpaired) electrons. The van der Waals surface area contributed by atoms with E-state index in [1.54, 1.807) is 0 Å². The van der Waals surface area contributed by atoms with Gasteiger partial charge in [0.05, 0.1) is 13.2 Å². The Bertz CT molecular complexity index is 394. The molecule has 2 N–H and O–H groups in total. The lowest BCUT2D eigenvalue weighted by atomic mass is 10.1. The number of hydrogen-bond donors (Lipinski definition) is 2. The molecule has 0 saturated carbocycles. The normalized spacial score (nSPS) is 17.9. The molecule has 1 aliphatic rings. The van der Waals surface area contributed by atoms with Crippen LogP contribution in [0.5, 0.6) is 5.75 Å². The minimum atomic E-state index is 0.102. The van der Waals surface area contributed by atoms with E-state index in [9.17, 15) is 0 Å². The fourth-order valence-electron chi connectivity index (χ4n) is 2.26. The quantitative estimate of drug-likeness (QED) is 0.823. The Labute approximate surface area is 115 Å². The highest BCUT2D eigenvalue weighted by Crippen LogP contribution is 2.31. The molecule has 1 aliphatic heterocycles. The smallest absolute Gasteiger partial charge is 0.123 e. The van der Waals surface area contributed by atoms with Crippen LogP contribution in [0.15, 0.2) is 22.7 Å². The van der Waals surface area contributed by atoms with E-state index in [-0.39, 0.29) is 19.3 Å². The van der Waals surface area contributed by atoms with Crippen molar-refractivity contribution in [1.82, 2.24) is 4.90 Å². The number of fused-ring (bicyclic) bond motifs is 1. The number of ether oxygens (including phenoxy) is 1. The molecule has 1 atom stereocenters. The number of aliphatic hydroxyl groups is 2. The highest BCUT2D eigenvalue weighted by Gasteiger charge is 2.24. The summed E-state index contributed by atoms with van der Waals surface area (Å²) in [5.41, 5.74) is 1.21. The Balaban J connectivity index is 1.93. The summed E-state index contributed by atoms with van der Waals surface area (Å²) >= 11 is 3.45. The van der Waals surface area contributed by atoms with Crippen LogP contribution in [0.3, 0.4) is 0 Å². The second kappa shape index (κ2) is 6.52. The molecule has 0 fully saturated rings. The predicted molar refractivity (Wildman–Crippen MR) is 72.9 cm³/mol. The monoisotopic (exact) mass is 315 g/mol. The Morgan fingerprint density at radius 3 is 2.67 bits per heavy atom. The van der Waals surface area contributed by atoms with E-state index in [0.29, 0.717) is 13.1 Å². The Morgan fingerprint density at radius 1 is 1.28 bits per heavy atom. The molecule has 18 heavy (non-hydrogen) atoms. The fraction of sp³-hybridized carbons (Fsp3) is 0.538. The average Bonchev–Trinajstić information content (AvgIpc) is 2.71. The predicted octanol–water partition coefficient (Wildman–Crippen LogP) is 1.04. The maximum absolute atomic E-state index is 8.98. The first kappa shape index (κ1) is 13.8. The van der Waals surface area contributed by atoms with E-state index in [4.69, 9.17) is 14.9 Å². The summed E-state index contributed by atoms with van der Waals surface area (Å²) in [7, 11) is 0. The maximum Gasteiger partial charge on any atom is 0.123 e. The summed E-state index contributed by atoms with van der Waals surface area (Å²) in [6.45, 7) is 2.07. The highest BCUT2D eigenvalue weighted by atomic mass is 79.9. The molecule has 1 aromatic rings. The first-order valence-corrected chi connectivity index (χ1v) is 6.91. The van der Waals surface area contributed by atoms with Gasteiger partial charge in [-0.3, -0.25) is 4.90 Å². The van der Waals surface area contributed by atoms with Crippen LogP contribution in [-0.2, 0) is 6.42 Å². The number of aliphatic hydroxyl groups excluding tert-OH is 2. The number of benzene rings is 1. The molecular weight excluding hydrogens is 298 g/mol. The summed E-state index contributed by atoms with van der Waals surface area (Å²) in [5, 5.41) is 18.0. The zero-order valence-corrected chi connectivity index (χ0v) is 11.8. The molecule has 0 saturated heterocycles. The molecule has 100 valence electrons. The number of nitrogens with zero attached hydrogens (tertiary/aromatic N) is 1. The maximum atomic E-state index is 8.98. The first-order valence-electron chi connectivity index (χ1n) is 6.12. The fourth-order valence-corrected chi connectivity index (χ4v) is 2.66. The third kappa shape index (κ3) is 3.45. The van der Waals surface area contributed by atoms with E-state index in [1.165, 1.54) is 5.56 Å². The second-order valence-corrected chi connectivity index (χ2v) is 5.36. The molecule has 0 aromatic heterocycles. The van der Waals surface area contributed by atoms with Crippen LogP contribution in [0.4, 0.5) is 0 Å². The van der Waals surface area contributed by atoms with E-state index in [2.05, 4.69) is 22.0 Å². The summed E-state index contributed by atoms with van der Waals surface area (Å²) < 4.78 is 6.92. The standard InChI is InChI=1S/C13H18BrNO3/c14-11-1-2-13-10(7-11)8-12(18-13)9-15(3-5-16)4-6-17/h1-2,7,12,16-17H,3-6,8-9H2. The summed E-state index contributed by atoms with van der Waals surface area (Å²) in [5.74, 6) is 0.941. The van der Waals surface area contributed by atoms with Crippen LogP contribution < -0.4 is 4.74 Å². The van der Waals surface area contributed by atoms with E-state index < -0.39 is 0 Å². The van der Waals surface area contributed by atoms with Crippen molar-refractivity contribution in [3.8, 4) is 5.75 Å². The molecular formula is C13H18BrNO3. The van der Waals surface area contributed by atoms with Gasteiger partial charge in [0, 0.05) is 30.5 Å². The van der Waals surface area contributed by atoms with Crippen molar-refractivity contribution in [2.24, 2.45) is 0 Å². The lowest BCUT2D eigenvalue weighted by Gasteiger charge is -2.23. The third-order valence-electron chi connectivity index (χ3n) is 3.06. The van der Waals surface area contributed by atoms with Gasteiger partial charge in [0.2, 0.25) is 0 Å². The lowest BCUT2D eigenvalue weighted by Crippen LogP contribution is -2.38. The highest BCUT2D eigenvalue weighted by molar-refractivity contribution is 9.10. The van der Waals surface area contributed by atoms with Gasteiger partial charge < -0.3 is 14.9 Å². The number of hydrogen-bond acceptors (Lipinski definition) is 4. The van der Waals surface area contributed by atoms with Crippen LogP contribution >= 0.6 is 15.9 Å². The summed E-state index contributed by atoms with van der Waals surface area (Å²) in [4.78, 5) is 2.02. The van der Waals surface area contributed by atoms with Crippen molar-refractivity contribution in [3.63, 3.8) is 0 Å². The zero-order chi connectivity index (χ0) is 13.0. The van der Waals surface area contributed by atoms with Gasteiger partial charge in [0.1, 0.15) is 11.9 Å². The van der Waals surface area contributed by atoms with Gasteiger partial charge in [-0.05, 0) is 23.8 Å². The second-order valence-electron chi connectivity index (χ2n) is 4.44. The molecule has 1 unspecified atom stereocenters. The van der Waals surface area contributed by atoms with Crippen LogP contribution in [0.2, 0.25) is 0 Å². The zero-order valence-electron chi connectivity index (χ0n) is 10.2. The minimum Gasteiger partial charge on any atom is -0.488 e. The summed E-state index contributed by atoms with van der Waals surface area (Å²) in [6.07, 6.45) is 0.981. The largest absolute Gasteiger partial charge is 0.488 e. The first-order chi connectivity index (χ1) is 8.72. The Hall–Kier alpha value is -0.620. The number of rotatable bonds is 6. The molecule has 0 spiro atoms. The molecule has 1 heterocycles. The van der Waals surface area contributed by atoms with Gasteiger partial charge in [-0.2, -0.15) is 0 Å². The topological polar surface area (TPSA) is 52.9 Å². The van der Waals surface area contributed by atoms with Gasteiger partial charge in [0.25, 0.3) is 0 Å². The van der Waals surface area contributed by atoms with Crippen molar-refractivity contribution in [2.45, 2.75) is 12.5 Å². The molecule has 0 amide bonds. The van der Waals surface area contributed by atoms with Crippen LogP contribution in [0, 0.1) is 0 Å². The molecule has 5 heteroatoms. The Kier molecular flexibility index (Phi) is 5.00. The lowest BCUT2D eigenvalue weighted by molar-refractivity contribution is 0.111. The van der Waals surface area contributed by atoms with Crippen molar-refractivity contribution in [3.05, 3.63) is 28.2 Å². The van der Waals surface area contributed by atoms with Crippen molar-refractivity contribution < 1.29 is 14.9 Å². The van der Waals surface area contributed by atoms with Gasteiger partial charge in [0.15, 0.2) is 0 Å². The van der Waals surface area contributed by atoms with Crippen molar-refractivity contribution in [2.75, 3.05) is 32.8 Å². The molecule has 0 bridgehead atoms. The molecule has 2 rings (SSSR count). The van der Waals surface area contributed by atoms with Gasteiger partial charge >= 0.3 is 0 Å². The Morgan fingerprint density at radius 2 is 2.00 bits per heavy atom. The molecule has 4 nitrogen and oxygen atoms in total. The average molecular weight is 316 g/mol. The van der Waals surface area contributed by atoms with Crippen LogP contribution in [-0.4, -0.2) is 54.1 Å². The molecule has 0 aliphatic carbocycles. The molecule has 1 aromatic carbocycles. The van der Waals surface area contributed by atoms with Crippen LogP contribution in [0.1, 0.15) is 5.56 Å². The van der Waals surface area contributed by atoms with E-state index >= 15 is 0 Å².